The van der Waals surface area contributed by atoms with Gasteiger partial charge in [0.25, 0.3) is 0 Å². The lowest BCUT2D eigenvalue weighted by atomic mass is 10.1. The number of amides is 1. The quantitative estimate of drug-likeness (QED) is 0.567. The zero-order valence-corrected chi connectivity index (χ0v) is 17.0. The Balaban J connectivity index is 1.66. The molecule has 0 aliphatic rings. The van der Waals surface area contributed by atoms with Crippen LogP contribution < -0.4 is 10.1 Å². The summed E-state index contributed by atoms with van der Waals surface area (Å²) < 4.78 is 8.22. The standard InChI is InChI=1S/C23H29N3O2/c1-4-23(27)24-13-7-10-22-25-20-8-5-6-9-21(20)26(22)14-15-28-19-12-11-17(2)18(3)16-19/h5-6,8-9,11-12,16H,4,7,10,13-15H2,1-3H3,(H,24,27). The summed E-state index contributed by atoms with van der Waals surface area (Å²) in [6, 6.07) is 14.4. The van der Waals surface area contributed by atoms with Crippen molar-refractivity contribution in [2.24, 2.45) is 0 Å². The Hall–Kier alpha value is -2.82. The first-order valence-corrected chi connectivity index (χ1v) is 9.99. The van der Waals surface area contributed by atoms with E-state index in [-0.39, 0.29) is 5.91 Å². The van der Waals surface area contributed by atoms with Gasteiger partial charge in [-0.15, -0.1) is 0 Å². The summed E-state index contributed by atoms with van der Waals surface area (Å²) in [5, 5.41) is 2.93. The molecular formula is C23H29N3O2. The molecule has 0 saturated heterocycles. The van der Waals surface area contributed by atoms with Gasteiger partial charge in [0.2, 0.25) is 5.91 Å². The molecular weight excluding hydrogens is 350 g/mol. The third-order valence-corrected chi connectivity index (χ3v) is 5.02. The highest BCUT2D eigenvalue weighted by molar-refractivity contribution is 5.76. The van der Waals surface area contributed by atoms with Gasteiger partial charge < -0.3 is 14.6 Å². The maximum absolute atomic E-state index is 11.4. The maximum Gasteiger partial charge on any atom is 0.219 e. The van der Waals surface area contributed by atoms with Crippen LogP contribution in [-0.2, 0) is 17.8 Å². The predicted molar refractivity (Wildman–Crippen MR) is 113 cm³/mol. The maximum atomic E-state index is 11.4. The number of hydrogen-bond acceptors (Lipinski definition) is 3. The van der Waals surface area contributed by atoms with E-state index in [2.05, 4.69) is 41.9 Å². The fourth-order valence-corrected chi connectivity index (χ4v) is 3.22. The van der Waals surface area contributed by atoms with E-state index in [9.17, 15) is 4.79 Å². The number of hydrogen-bond donors (Lipinski definition) is 1. The van der Waals surface area contributed by atoms with Gasteiger partial charge in [-0.25, -0.2) is 4.98 Å². The Bertz CT molecular complexity index is 946. The van der Waals surface area contributed by atoms with Crippen molar-refractivity contribution in [3.63, 3.8) is 0 Å². The second-order valence-corrected chi connectivity index (χ2v) is 7.07. The van der Waals surface area contributed by atoms with E-state index in [0.29, 0.717) is 19.6 Å². The van der Waals surface area contributed by atoms with E-state index in [0.717, 1.165) is 42.0 Å². The van der Waals surface area contributed by atoms with Gasteiger partial charge in [-0.05, 0) is 55.7 Å². The van der Waals surface area contributed by atoms with Crippen LogP contribution in [-0.4, -0.2) is 28.6 Å². The number of para-hydroxylation sites is 2. The Labute approximate surface area is 166 Å². The van der Waals surface area contributed by atoms with Crippen LogP contribution in [0.3, 0.4) is 0 Å². The summed E-state index contributed by atoms with van der Waals surface area (Å²) in [6.07, 6.45) is 2.21. The molecule has 1 N–H and O–H groups in total. The smallest absolute Gasteiger partial charge is 0.219 e. The average molecular weight is 380 g/mol. The summed E-state index contributed by atoms with van der Waals surface area (Å²) in [5.41, 5.74) is 4.63. The second kappa shape index (κ2) is 9.40. The lowest BCUT2D eigenvalue weighted by Crippen LogP contribution is -2.23. The lowest BCUT2D eigenvalue weighted by Gasteiger charge is -2.12. The Morgan fingerprint density at radius 3 is 2.75 bits per heavy atom. The molecule has 5 heteroatoms. The fraction of sp³-hybridized carbons (Fsp3) is 0.391. The molecule has 0 aliphatic heterocycles. The minimum absolute atomic E-state index is 0.0929. The van der Waals surface area contributed by atoms with Crippen LogP contribution in [0, 0.1) is 13.8 Å². The molecule has 0 atom stereocenters. The summed E-state index contributed by atoms with van der Waals surface area (Å²) in [4.78, 5) is 16.2. The molecule has 0 unspecified atom stereocenters. The number of carbonyl (C=O) groups is 1. The Kier molecular flexibility index (Phi) is 6.69. The summed E-state index contributed by atoms with van der Waals surface area (Å²) in [7, 11) is 0. The van der Waals surface area contributed by atoms with Gasteiger partial charge in [-0.3, -0.25) is 4.79 Å². The van der Waals surface area contributed by atoms with E-state index in [1.807, 2.05) is 31.2 Å². The highest BCUT2D eigenvalue weighted by Gasteiger charge is 2.10. The first kappa shape index (κ1) is 19.9. The number of rotatable bonds is 9. The third-order valence-electron chi connectivity index (χ3n) is 5.02. The highest BCUT2D eigenvalue weighted by atomic mass is 16.5. The molecule has 1 amide bonds. The molecule has 0 bridgehead atoms. The lowest BCUT2D eigenvalue weighted by molar-refractivity contribution is -0.120. The minimum Gasteiger partial charge on any atom is -0.492 e. The van der Waals surface area contributed by atoms with Crippen molar-refractivity contribution in [3.05, 3.63) is 59.4 Å². The van der Waals surface area contributed by atoms with Gasteiger partial charge in [-0.2, -0.15) is 0 Å². The van der Waals surface area contributed by atoms with Crippen molar-refractivity contribution in [2.75, 3.05) is 13.2 Å². The number of aromatic nitrogens is 2. The van der Waals surface area contributed by atoms with E-state index < -0.39 is 0 Å². The van der Waals surface area contributed by atoms with Gasteiger partial charge in [0.1, 0.15) is 18.2 Å². The normalized spacial score (nSPS) is 11.0. The first-order valence-electron chi connectivity index (χ1n) is 9.99. The molecule has 0 saturated carbocycles. The number of aryl methyl sites for hydroxylation is 3. The van der Waals surface area contributed by atoms with Crippen LogP contribution in [0.2, 0.25) is 0 Å². The number of fused-ring (bicyclic) bond motifs is 1. The molecule has 28 heavy (non-hydrogen) atoms. The molecule has 0 aliphatic carbocycles. The Morgan fingerprint density at radius 1 is 1.14 bits per heavy atom. The van der Waals surface area contributed by atoms with Crippen molar-refractivity contribution in [1.29, 1.82) is 0 Å². The van der Waals surface area contributed by atoms with Crippen molar-refractivity contribution in [1.82, 2.24) is 14.9 Å². The SMILES string of the molecule is CCC(=O)NCCCc1nc2ccccc2n1CCOc1ccc(C)c(C)c1. The van der Waals surface area contributed by atoms with Crippen LogP contribution in [0.25, 0.3) is 11.0 Å². The molecule has 148 valence electrons. The fourth-order valence-electron chi connectivity index (χ4n) is 3.22. The molecule has 3 rings (SSSR count). The highest BCUT2D eigenvalue weighted by Crippen LogP contribution is 2.19. The number of nitrogens with one attached hydrogen (secondary N) is 1. The summed E-state index contributed by atoms with van der Waals surface area (Å²) >= 11 is 0. The zero-order chi connectivity index (χ0) is 19.9. The van der Waals surface area contributed by atoms with Crippen molar-refractivity contribution < 1.29 is 9.53 Å². The van der Waals surface area contributed by atoms with E-state index in [1.54, 1.807) is 0 Å². The average Bonchev–Trinajstić information content (AvgIpc) is 3.05. The number of ether oxygens (including phenoxy) is 1. The van der Waals surface area contributed by atoms with E-state index >= 15 is 0 Å². The van der Waals surface area contributed by atoms with Gasteiger partial charge in [0.15, 0.2) is 0 Å². The van der Waals surface area contributed by atoms with Crippen molar-refractivity contribution >= 4 is 16.9 Å². The van der Waals surface area contributed by atoms with E-state index in [1.165, 1.54) is 11.1 Å². The minimum atomic E-state index is 0.0929. The third kappa shape index (κ3) is 4.91. The molecule has 0 fully saturated rings. The second-order valence-electron chi connectivity index (χ2n) is 7.07. The van der Waals surface area contributed by atoms with Crippen LogP contribution in [0.15, 0.2) is 42.5 Å². The van der Waals surface area contributed by atoms with Crippen molar-refractivity contribution in [2.45, 2.75) is 46.6 Å². The van der Waals surface area contributed by atoms with Crippen LogP contribution >= 0.6 is 0 Å². The van der Waals surface area contributed by atoms with Crippen molar-refractivity contribution in [3.8, 4) is 5.75 Å². The first-order chi connectivity index (χ1) is 13.6. The van der Waals surface area contributed by atoms with Gasteiger partial charge in [-0.1, -0.05) is 25.1 Å². The molecule has 1 aromatic heterocycles. The molecule has 2 aromatic carbocycles. The van der Waals surface area contributed by atoms with Gasteiger partial charge >= 0.3 is 0 Å². The number of benzene rings is 2. The molecule has 1 heterocycles. The van der Waals surface area contributed by atoms with Crippen LogP contribution in [0.1, 0.15) is 36.7 Å². The molecule has 0 spiro atoms. The monoisotopic (exact) mass is 379 g/mol. The van der Waals surface area contributed by atoms with E-state index in [4.69, 9.17) is 9.72 Å². The Morgan fingerprint density at radius 2 is 1.96 bits per heavy atom. The van der Waals surface area contributed by atoms with Crippen LogP contribution in [0.5, 0.6) is 5.75 Å². The predicted octanol–water partition coefficient (Wildman–Crippen LogP) is 4.19. The largest absolute Gasteiger partial charge is 0.492 e. The molecule has 3 aromatic rings. The number of nitrogens with zero attached hydrogens (tertiary/aromatic N) is 2. The van der Waals surface area contributed by atoms with Gasteiger partial charge in [0.05, 0.1) is 17.6 Å². The summed E-state index contributed by atoms with van der Waals surface area (Å²) in [5.74, 6) is 2.03. The topological polar surface area (TPSA) is 56.2 Å². The number of carbonyl (C=O) groups excluding carboxylic acids is 1. The summed E-state index contributed by atoms with van der Waals surface area (Å²) in [6.45, 7) is 8.07. The molecule has 0 radical (unpaired) electrons. The van der Waals surface area contributed by atoms with Crippen LogP contribution in [0.4, 0.5) is 0 Å². The number of imidazole rings is 1. The zero-order valence-electron chi connectivity index (χ0n) is 17.0. The van der Waals surface area contributed by atoms with Gasteiger partial charge in [0, 0.05) is 19.4 Å². The molecule has 5 nitrogen and oxygen atoms in total.